The van der Waals surface area contributed by atoms with Gasteiger partial charge in [-0.1, -0.05) is 12.8 Å². The Hall–Kier alpha value is -1.14. The van der Waals surface area contributed by atoms with Gasteiger partial charge in [0.05, 0.1) is 0 Å². The third kappa shape index (κ3) is 2.67. The molecule has 2 atom stereocenters. The summed E-state index contributed by atoms with van der Waals surface area (Å²) >= 11 is 0. The first-order valence-corrected chi connectivity index (χ1v) is 7.50. The molecule has 0 radical (unpaired) electrons. The zero-order valence-corrected chi connectivity index (χ0v) is 12.5. The van der Waals surface area contributed by atoms with Crippen LogP contribution in [0.4, 0.5) is 4.79 Å². The summed E-state index contributed by atoms with van der Waals surface area (Å²) in [5.41, 5.74) is 5.10. The number of carbonyl (C=O) groups excluding carboxylic acids is 2. The summed E-state index contributed by atoms with van der Waals surface area (Å²) in [6.07, 6.45) is 4.52. The van der Waals surface area contributed by atoms with Crippen molar-refractivity contribution in [1.82, 2.24) is 15.1 Å². The molecule has 2 unspecified atom stereocenters. The van der Waals surface area contributed by atoms with Crippen molar-refractivity contribution >= 4 is 11.9 Å². The average molecular weight is 282 g/mol. The van der Waals surface area contributed by atoms with Crippen molar-refractivity contribution in [2.75, 3.05) is 33.7 Å². The van der Waals surface area contributed by atoms with Gasteiger partial charge in [0, 0.05) is 12.5 Å². The average Bonchev–Trinajstić information content (AvgIpc) is 2.64. The SMILES string of the molecule is CN(C)CCCN1C(=O)NC2(CCCCC2CN)C1=O. The number of hydrogen-bond acceptors (Lipinski definition) is 4. The molecule has 1 spiro atoms. The highest BCUT2D eigenvalue weighted by atomic mass is 16.2. The van der Waals surface area contributed by atoms with Crippen LogP contribution in [0.15, 0.2) is 0 Å². The fourth-order valence-corrected chi connectivity index (χ4v) is 3.40. The Morgan fingerprint density at radius 3 is 2.80 bits per heavy atom. The van der Waals surface area contributed by atoms with Crippen LogP contribution in [0, 0.1) is 5.92 Å². The Balaban J connectivity index is 2.07. The maximum atomic E-state index is 12.7. The summed E-state index contributed by atoms with van der Waals surface area (Å²) in [5.74, 6) is 0.0166. The van der Waals surface area contributed by atoms with E-state index in [1.807, 2.05) is 14.1 Å². The minimum atomic E-state index is -0.720. The zero-order valence-electron chi connectivity index (χ0n) is 12.5. The summed E-state index contributed by atoms with van der Waals surface area (Å²) in [6.45, 7) is 1.81. The molecule has 0 aromatic rings. The zero-order chi connectivity index (χ0) is 14.8. The van der Waals surface area contributed by atoms with Crippen LogP contribution in [-0.4, -0.2) is 61.0 Å². The summed E-state index contributed by atoms with van der Waals surface area (Å²) in [6, 6.07) is -0.242. The van der Waals surface area contributed by atoms with Crippen molar-refractivity contribution < 1.29 is 9.59 Å². The molecule has 3 amide bonds. The number of hydrogen-bond donors (Lipinski definition) is 2. The highest BCUT2D eigenvalue weighted by Crippen LogP contribution is 2.37. The van der Waals surface area contributed by atoms with Gasteiger partial charge in [-0.05, 0) is 46.4 Å². The molecule has 0 bridgehead atoms. The number of rotatable bonds is 5. The molecule has 3 N–H and O–H groups in total. The van der Waals surface area contributed by atoms with Gasteiger partial charge < -0.3 is 16.0 Å². The lowest BCUT2D eigenvalue weighted by Crippen LogP contribution is -2.57. The molecule has 114 valence electrons. The standard InChI is InChI=1S/C14H26N4O2/c1-17(2)8-5-9-18-12(19)14(16-13(18)20)7-4-3-6-11(14)10-15/h11H,3-10,15H2,1-2H3,(H,16,20). The molecule has 1 aliphatic carbocycles. The number of urea groups is 1. The van der Waals surface area contributed by atoms with Crippen LogP contribution in [0.1, 0.15) is 32.1 Å². The molecule has 1 saturated heterocycles. The third-order valence-electron chi connectivity index (χ3n) is 4.54. The van der Waals surface area contributed by atoms with Crippen LogP contribution in [0.25, 0.3) is 0 Å². The topological polar surface area (TPSA) is 78.7 Å². The molecule has 6 nitrogen and oxygen atoms in total. The predicted octanol–water partition coefficient (Wildman–Crippen LogP) is 0.378. The number of nitrogens with two attached hydrogens (primary N) is 1. The first-order chi connectivity index (χ1) is 9.51. The van der Waals surface area contributed by atoms with Crippen LogP contribution < -0.4 is 11.1 Å². The lowest BCUT2D eigenvalue weighted by molar-refractivity contribution is -0.134. The Labute approximate surface area is 120 Å². The molecule has 2 rings (SSSR count). The molecule has 2 aliphatic rings. The Morgan fingerprint density at radius 1 is 1.40 bits per heavy atom. The van der Waals surface area contributed by atoms with Gasteiger partial charge in [-0.2, -0.15) is 0 Å². The summed E-state index contributed by atoms with van der Waals surface area (Å²) in [5, 5.41) is 2.95. The van der Waals surface area contributed by atoms with E-state index in [4.69, 9.17) is 5.73 Å². The first kappa shape index (κ1) is 15.3. The smallest absolute Gasteiger partial charge is 0.325 e. The number of carbonyl (C=O) groups is 2. The van der Waals surface area contributed by atoms with Crippen molar-refractivity contribution in [3.63, 3.8) is 0 Å². The molecule has 0 aromatic carbocycles. The minimum Gasteiger partial charge on any atom is -0.330 e. The highest BCUT2D eigenvalue weighted by molar-refractivity contribution is 6.07. The summed E-state index contributed by atoms with van der Waals surface area (Å²) < 4.78 is 0. The second kappa shape index (κ2) is 6.10. The Bertz CT molecular complexity index is 385. The second-order valence-electron chi connectivity index (χ2n) is 6.19. The lowest BCUT2D eigenvalue weighted by Gasteiger charge is -2.38. The van der Waals surface area contributed by atoms with E-state index in [1.165, 1.54) is 4.90 Å². The maximum absolute atomic E-state index is 12.7. The van der Waals surface area contributed by atoms with Crippen LogP contribution >= 0.6 is 0 Å². The number of imide groups is 1. The van der Waals surface area contributed by atoms with E-state index < -0.39 is 5.54 Å². The third-order valence-corrected chi connectivity index (χ3v) is 4.54. The fraction of sp³-hybridized carbons (Fsp3) is 0.857. The predicted molar refractivity (Wildman–Crippen MR) is 77.2 cm³/mol. The van der Waals surface area contributed by atoms with Crippen molar-refractivity contribution in [1.29, 1.82) is 0 Å². The van der Waals surface area contributed by atoms with E-state index >= 15 is 0 Å². The molecular weight excluding hydrogens is 256 g/mol. The Morgan fingerprint density at radius 2 is 2.15 bits per heavy atom. The molecule has 1 saturated carbocycles. The number of amides is 3. The largest absolute Gasteiger partial charge is 0.330 e. The molecule has 2 fully saturated rings. The van der Waals surface area contributed by atoms with Gasteiger partial charge in [-0.15, -0.1) is 0 Å². The number of nitrogens with one attached hydrogen (secondary N) is 1. The van der Waals surface area contributed by atoms with Crippen LogP contribution in [-0.2, 0) is 4.79 Å². The number of nitrogens with zero attached hydrogens (tertiary/aromatic N) is 2. The van der Waals surface area contributed by atoms with Gasteiger partial charge in [-0.3, -0.25) is 9.69 Å². The van der Waals surface area contributed by atoms with E-state index in [-0.39, 0.29) is 17.9 Å². The van der Waals surface area contributed by atoms with Crippen molar-refractivity contribution in [3.05, 3.63) is 0 Å². The van der Waals surface area contributed by atoms with Crippen LogP contribution in [0.2, 0.25) is 0 Å². The molecular formula is C14H26N4O2. The quantitative estimate of drug-likeness (QED) is 0.715. The molecule has 6 heteroatoms. The lowest BCUT2D eigenvalue weighted by atomic mass is 9.72. The van der Waals surface area contributed by atoms with Crippen molar-refractivity contribution in [2.24, 2.45) is 11.7 Å². The minimum absolute atomic E-state index is 0.0589. The van der Waals surface area contributed by atoms with Gasteiger partial charge in [0.25, 0.3) is 5.91 Å². The van der Waals surface area contributed by atoms with E-state index in [1.54, 1.807) is 0 Å². The summed E-state index contributed by atoms with van der Waals surface area (Å²) in [4.78, 5) is 28.3. The van der Waals surface area contributed by atoms with E-state index in [9.17, 15) is 9.59 Å². The maximum Gasteiger partial charge on any atom is 0.325 e. The first-order valence-electron chi connectivity index (χ1n) is 7.50. The highest BCUT2D eigenvalue weighted by Gasteiger charge is 2.55. The van der Waals surface area contributed by atoms with Crippen LogP contribution in [0.3, 0.4) is 0 Å². The molecule has 1 heterocycles. The second-order valence-corrected chi connectivity index (χ2v) is 6.19. The van der Waals surface area contributed by atoms with Crippen LogP contribution in [0.5, 0.6) is 0 Å². The fourth-order valence-electron chi connectivity index (χ4n) is 3.40. The normalized spacial score (nSPS) is 30.4. The van der Waals surface area contributed by atoms with Gasteiger partial charge in [0.1, 0.15) is 5.54 Å². The van der Waals surface area contributed by atoms with Crippen molar-refractivity contribution in [3.8, 4) is 0 Å². The van der Waals surface area contributed by atoms with E-state index in [2.05, 4.69) is 10.2 Å². The van der Waals surface area contributed by atoms with Gasteiger partial charge in [0.2, 0.25) is 0 Å². The monoisotopic (exact) mass is 282 g/mol. The van der Waals surface area contributed by atoms with Crippen molar-refractivity contribution in [2.45, 2.75) is 37.6 Å². The van der Waals surface area contributed by atoms with E-state index in [0.29, 0.717) is 13.1 Å². The molecule has 1 aliphatic heterocycles. The molecule has 0 aromatic heterocycles. The Kier molecular flexibility index (Phi) is 4.65. The van der Waals surface area contributed by atoms with Gasteiger partial charge in [0.15, 0.2) is 0 Å². The van der Waals surface area contributed by atoms with E-state index in [0.717, 1.165) is 38.6 Å². The molecule has 20 heavy (non-hydrogen) atoms. The van der Waals surface area contributed by atoms with Gasteiger partial charge in [-0.25, -0.2) is 4.79 Å². The summed E-state index contributed by atoms with van der Waals surface area (Å²) in [7, 11) is 3.97. The van der Waals surface area contributed by atoms with Gasteiger partial charge >= 0.3 is 6.03 Å².